The predicted molar refractivity (Wildman–Crippen MR) is 90.4 cm³/mol. The largest absolute Gasteiger partial charge is 0.494 e. The maximum absolute atomic E-state index is 12.9. The molecular weight excluding hydrogens is 330 g/mol. The summed E-state index contributed by atoms with van der Waals surface area (Å²) < 4.78 is 50.6. The van der Waals surface area contributed by atoms with Gasteiger partial charge in [0, 0.05) is 0 Å². The Morgan fingerprint density at radius 3 is 2.12 bits per heavy atom. The van der Waals surface area contributed by atoms with Gasteiger partial charge in [-0.15, -0.1) is 0 Å². The first-order valence-electron chi connectivity index (χ1n) is 8.00. The zero-order valence-electron chi connectivity index (χ0n) is 14.5. The number of rotatable bonds is 2. The highest BCUT2D eigenvalue weighted by molar-refractivity contribution is 6.62. The number of pyridine rings is 1. The third kappa shape index (κ3) is 3.44. The lowest BCUT2D eigenvalue weighted by Crippen LogP contribution is -2.41. The van der Waals surface area contributed by atoms with E-state index < -0.39 is 30.2 Å². The molecular formula is C18H19BF3NO2. The van der Waals surface area contributed by atoms with Gasteiger partial charge in [-0.3, -0.25) is 0 Å². The molecule has 2 aromatic rings. The topological polar surface area (TPSA) is 31.4 Å². The third-order valence-electron chi connectivity index (χ3n) is 4.75. The summed E-state index contributed by atoms with van der Waals surface area (Å²) in [4.78, 5) is 3.73. The molecule has 0 N–H and O–H groups in total. The molecule has 1 aromatic heterocycles. The van der Waals surface area contributed by atoms with Crippen molar-refractivity contribution in [2.75, 3.05) is 0 Å². The minimum absolute atomic E-state index is 0.258. The average Bonchev–Trinajstić information content (AvgIpc) is 2.75. The van der Waals surface area contributed by atoms with Gasteiger partial charge in [0.2, 0.25) is 0 Å². The van der Waals surface area contributed by atoms with Crippen molar-refractivity contribution in [3.63, 3.8) is 0 Å². The lowest BCUT2D eigenvalue weighted by molar-refractivity contribution is -0.141. The number of aromatic nitrogens is 1. The van der Waals surface area contributed by atoms with Gasteiger partial charge in [0.25, 0.3) is 0 Å². The second-order valence-corrected chi connectivity index (χ2v) is 7.12. The molecule has 1 aliphatic rings. The van der Waals surface area contributed by atoms with E-state index in [4.69, 9.17) is 9.31 Å². The van der Waals surface area contributed by atoms with Gasteiger partial charge in [-0.1, -0.05) is 30.3 Å². The molecule has 132 valence electrons. The van der Waals surface area contributed by atoms with Crippen molar-refractivity contribution in [1.29, 1.82) is 0 Å². The fraction of sp³-hybridized carbons (Fsp3) is 0.389. The summed E-state index contributed by atoms with van der Waals surface area (Å²) in [6, 6.07) is 10.9. The number of benzene rings is 1. The Labute approximate surface area is 145 Å². The van der Waals surface area contributed by atoms with E-state index in [2.05, 4.69) is 4.98 Å². The molecule has 1 fully saturated rings. The Morgan fingerprint density at radius 1 is 0.920 bits per heavy atom. The summed E-state index contributed by atoms with van der Waals surface area (Å²) in [5.74, 6) is 0. The molecule has 1 aromatic carbocycles. The maximum Gasteiger partial charge on any atom is 0.494 e. The van der Waals surface area contributed by atoms with Gasteiger partial charge in [-0.05, 0) is 50.9 Å². The summed E-state index contributed by atoms with van der Waals surface area (Å²) >= 11 is 0. The normalized spacial score (nSPS) is 19.2. The minimum Gasteiger partial charge on any atom is -0.399 e. The lowest BCUT2D eigenvalue weighted by atomic mass is 9.78. The summed E-state index contributed by atoms with van der Waals surface area (Å²) in [6.07, 6.45) is -4.47. The fourth-order valence-electron chi connectivity index (χ4n) is 2.58. The number of alkyl halides is 3. The van der Waals surface area contributed by atoms with Gasteiger partial charge in [-0.25, -0.2) is 4.98 Å². The van der Waals surface area contributed by atoms with E-state index in [0.29, 0.717) is 5.56 Å². The van der Waals surface area contributed by atoms with E-state index in [0.717, 1.165) is 11.5 Å². The van der Waals surface area contributed by atoms with Crippen molar-refractivity contribution in [2.24, 2.45) is 0 Å². The molecule has 3 nitrogen and oxygen atoms in total. The van der Waals surface area contributed by atoms with Gasteiger partial charge >= 0.3 is 13.3 Å². The van der Waals surface area contributed by atoms with Crippen LogP contribution < -0.4 is 5.46 Å². The summed E-state index contributed by atoms with van der Waals surface area (Å²) in [6.45, 7) is 7.80. The van der Waals surface area contributed by atoms with E-state index in [-0.39, 0.29) is 5.69 Å². The lowest BCUT2D eigenvalue weighted by Gasteiger charge is -2.32. The SMILES string of the molecule is CC1(C)OB(c2cccc(-c3cccc(C(F)(F)F)n3)c2)OC1(C)C. The molecule has 0 bridgehead atoms. The number of nitrogens with zero attached hydrogens (tertiary/aromatic N) is 1. The molecule has 1 saturated heterocycles. The van der Waals surface area contributed by atoms with E-state index in [9.17, 15) is 13.2 Å². The maximum atomic E-state index is 12.9. The van der Waals surface area contributed by atoms with E-state index in [1.54, 1.807) is 24.3 Å². The summed E-state index contributed by atoms with van der Waals surface area (Å²) in [7, 11) is -0.573. The monoisotopic (exact) mass is 349 g/mol. The average molecular weight is 349 g/mol. The second kappa shape index (κ2) is 5.85. The predicted octanol–water partition coefficient (Wildman–Crippen LogP) is 4.07. The summed E-state index contributed by atoms with van der Waals surface area (Å²) in [5.41, 5.74) is -0.294. The molecule has 7 heteroatoms. The van der Waals surface area contributed by atoms with Crippen LogP contribution in [-0.2, 0) is 15.5 Å². The molecule has 0 radical (unpaired) electrons. The Bertz CT molecular complexity index is 774. The van der Waals surface area contributed by atoms with Crippen molar-refractivity contribution in [2.45, 2.75) is 45.1 Å². The van der Waals surface area contributed by atoms with E-state index in [1.165, 1.54) is 6.07 Å². The molecule has 2 heterocycles. The molecule has 3 rings (SSSR count). The summed E-state index contributed by atoms with van der Waals surface area (Å²) in [5, 5.41) is 0. The van der Waals surface area contributed by atoms with Crippen molar-refractivity contribution in [3.05, 3.63) is 48.2 Å². The van der Waals surface area contributed by atoms with Crippen LogP contribution in [0.25, 0.3) is 11.3 Å². The van der Waals surface area contributed by atoms with Gasteiger partial charge in [-0.2, -0.15) is 13.2 Å². The van der Waals surface area contributed by atoms with Crippen LogP contribution >= 0.6 is 0 Å². The second-order valence-electron chi connectivity index (χ2n) is 7.12. The molecule has 1 aliphatic heterocycles. The molecule has 25 heavy (non-hydrogen) atoms. The highest BCUT2D eigenvalue weighted by atomic mass is 19.4. The van der Waals surface area contributed by atoms with Crippen LogP contribution in [0.4, 0.5) is 13.2 Å². The zero-order valence-corrected chi connectivity index (χ0v) is 14.5. The van der Waals surface area contributed by atoms with Gasteiger partial charge in [0.15, 0.2) is 0 Å². The Morgan fingerprint density at radius 2 is 1.52 bits per heavy atom. The first-order valence-corrected chi connectivity index (χ1v) is 8.00. The van der Waals surface area contributed by atoms with Gasteiger partial charge in [0.05, 0.1) is 16.9 Å². The van der Waals surface area contributed by atoms with Crippen molar-refractivity contribution >= 4 is 12.6 Å². The number of halogens is 3. The van der Waals surface area contributed by atoms with Crippen LogP contribution in [0.15, 0.2) is 42.5 Å². The van der Waals surface area contributed by atoms with Crippen LogP contribution in [0.3, 0.4) is 0 Å². The first-order chi connectivity index (χ1) is 11.5. The van der Waals surface area contributed by atoms with Crippen molar-refractivity contribution in [1.82, 2.24) is 4.98 Å². The van der Waals surface area contributed by atoms with Crippen LogP contribution in [0.1, 0.15) is 33.4 Å². The van der Waals surface area contributed by atoms with Crippen LogP contribution in [-0.4, -0.2) is 23.3 Å². The Balaban J connectivity index is 1.94. The number of hydrogen-bond acceptors (Lipinski definition) is 3. The third-order valence-corrected chi connectivity index (χ3v) is 4.75. The molecule has 0 saturated carbocycles. The Kier molecular flexibility index (Phi) is 4.20. The zero-order chi connectivity index (χ0) is 18.5. The molecule has 0 unspecified atom stereocenters. The Hall–Kier alpha value is -1.86. The van der Waals surface area contributed by atoms with Crippen LogP contribution in [0.2, 0.25) is 0 Å². The minimum atomic E-state index is -4.47. The van der Waals surface area contributed by atoms with Crippen LogP contribution in [0, 0.1) is 0 Å². The first kappa shape index (κ1) is 18.0. The molecule has 0 amide bonds. The van der Waals surface area contributed by atoms with Gasteiger partial charge in [0.1, 0.15) is 5.69 Å². The van der Waals surface area contributed by atoms with Crippen molar-refractivity contribution in [3.8, 4) is 11.3 Å². The van der Waals surface area contributed by atoms with Crippen LogP contribution in [0.5, 0.6) is 0 Å². The quantitative estimate of drug-likeness (QED) is 0.766. The standard InChI is InChI=1S/C18H19BF3NO2/c1-16(2)17(3,4)25-19(24-16)13-8-5-7-12(11-13)14-9-6-10-15(23-14)18(20,21)22/h5-11H,1-4H3. The molecule has 0 aliphatic carbocycles. The van der Waals surface area contributed by atoms with Crippen molar-refractivity contribution < 1.29 is 22.5 Å². The smallest absolute Gasteiger partial charge is 0.399 e. The highest BCUT2D eigenvalue weighted by Crippen LogP contribution is 2.36. The fourth-order valence-corrected chi connectivity index (χ4v) is 2.58. The highest BCUT2D eigenvalue weighted by Gasteiger charge is 2.51. The molecule has 0 spiro atoms. The van der Waals surface area contributed by atoms with E-state index >= 15 is 0 Å². The molecule has 0 atom stereocenters. The van der Waals surface area contributed by atoms with E-state index in [1.807, 2.05) is 33.8 Å². The van der Waals surface area contributed by atoms with Gasteiger partial charge < -0.3 is 9.31 Å². The number of hydrogen-bond donors (Lipinski definition) is 0.